The summed E-state index contributed by atoms with van der Waals surface area (Å²) in [7, 11) is 0. The van der Waals surface area contributed by atoms with Gasteiger partial charge in [-0.1, -0.05) is 18.6 Å². The van der Waals surface area contributed by atoms with Crippen molar-refractivity contribution in [1.82, 2.24) is 4.90 Å². The molecule has 5 heteroatoms. The number of benzene rings is 1. The highest BCUT2D eigenvalue weighted by molar-refractivity contribution is 5.94. The van der Waals surface area contributed by atoms with Gasteiger partial charge in [0, 0.05) is 24.1 Å². The highest BCUT2D eigenvalue weighted by Crippen LogP contribution is 2.36. The molecule has 1 saturated heterocycles. The van der Waals surface area contributed by atoms with Gasteiger partial charge in [-0.3, -0.25) is 9.59 Å². The van der Waals surface area contributed by atoms with Gasteiger partial charge >= 0.3 is 0 Å². The molecule has 0 radical (unpaired) electrons. The van der Waals surface area contributed by atoms with E-state index in [1.165, 1.54) is 6.92 Å². The Morgan fingerprint density at radius 1 is 1.24 bits per heavy atom. The van der Waals surface area contributed by atoms with Crippen LogP contribution in [0.25, 0.3) is 0 Å². The third kappa shape index (κ3) is 3.87. The minimum Gasteiger partial charge on any atom is -0.481 e. The highest BCUT2D eigenvalue weighted by atomic mass is 16.5. The van der Waals surface area contributed by atoms with Crippen LogP contribution in [0.15, 0.2) is 24.3 Å². The van der Waals surface area contributed by atoms with Gasteiger partial charge in [-0.05, 0) is 51.7 Å². The van der Waals surface area contributed by atoms with Crippen molar-refractivity contribution in [2.75, 3.05) is 6.54 Å². The van der Waals surface area contributed by atoms with Gasteiger partial charge in [0.15, 0.2) is 11.9 Å². The Bertz CT molecular complexity index is 644. The SMILES string of the molecule is CC(=O)c1cccc(OC(C)C(=O)N2CCCC2C2CCCC2O)c1. The van der Waals surface area contributed by atoms with E-state index in [1.54, 1.807) is 31.2 Å². The zero-order valence-corrected chi connectivity index (χ0v) is 15.0. The van der Waals surface area contributed by atoms with Crippen LogP contribution in [-0.4, -0.2) is 46.5 Å². The largest absolute Gasteiger partial charge is 0.481 e. The van der Waals surface area contributed by atoms with Crippen LogP contribution < -0.4 is 4.74 Å². The van der Waals surface area contributed by atoms with E-state index in [0.717, 1.165) is 38.6 Å². The fraction of sp³-hybridized carbons (Fsp3) is 0.600. The Hall–Kier alpha value is -1.88. The Morgan fingerprint density at radius 3 is 2.72 bits per heavy atom. The molecule has 1 saturated carbocycles. The van der Waals surface area contributed by atoms with Crippen molar-refractivity contribution in [2.45, 2.75) is 64.2 Å². The number of Topliss-reactive ketones (excluding diaryl/α,β-unsaturated/α-hetero) is 1. The first-order valence-corrected chi connectivity index (χ1v) is 9.23. The van der Waals surface area contributed by atoms with Gasteiger partial charge in [0.1, 0.15) is 5.75 Å². The van der Waals surface area contributed by atoms with Crippen LogP contribution in [0.2, 0.25) is 0 Å². The highest BCUT2D eigenvalue weighted by Gasteiger charge is 2.41. The summed E-state index contributed by atoms with van der Waals surface area (Å²) in [5, 5.41) is 10.2. The van der Waals surface area contributed by atoms with Gasteiger partial charge in [-0.15, -0.1) is 0 Å². The smallest absolute Gasteiger partial charge is 0.263 e. The van der Waals surface area contributed by atoms with Gasteiger partial charge < -0.3 is 14.7 Å². The molecule has 1 N–H and O–H groups in total. The van der Waals surface area contributed by atoms with E-state index in [0.29, 0.717) is 11.3 Å². The van der Waals surface area contributed by atoms with E-state index in [9.17, 15) is 14.7 Å². The van der Waals surface area contributed by atoms with Crippen LogP contribution >= 0.6 is 0 Å². The summed E-state index contributed by atoms with van der Waals surface area (Å²) in [6, 6.07) is 7.06. The van der Waals surface area contributed by atoms with Gasteiger partial charge in [0.2, 0.25) is 0 Å². The van der Waals surface area contributed by atoms with E-state index < -0.39 is 6.10 Å². The summed E-state index contributed by atoms with van der Waals surface area (Å²) < 4.78 is 5.81. The number of amides is 1. The van der Waals surface area contributed by atoms with Crippen LogP contribution in [0.1, 0.15) is 56.3 Å². The molecule has 1 heterocycles. The zero-order chi connectivity index (χ0) is 18.0. The summed E-state index contributed by atoms with van der Waals surface area (Å²) in [6.07, 6.45) is 3.90. The van der Waals surface area contributed by atoms with Crippen molar-refractivity contribution in [2.24, 2.45) is 5.92 Å². The number of aliphatic hydroxyl groups excluding tert-OH is 1. The summed E-state index contributed by atoms with van der Waals surface area (Å²) in [6.45, 7) is 3.99. The number of rotatable bonds is 5. The fourth-order valence-electron chi connectivity index (χ4n) is 4.21. The number of nitrogens with zero attached hydrogens (tertiary/aromatic N) is 1. The lowest BCUT2D eigenvalue weighted by atomic mass is 9.94. The Kier molecular flexibility index (Phi) is 5.42. The number of ether oxygens (including phenoxy) is 1. The predicted molar refractivity (Wildman–Crippen MR) is 94.6 cm³/mol. The molecule has 1 aromatic rings. The van der Waals surface area contributed by atoms with E-state index in [1.807, 2.05) is 4.90 Å². The van der Waals surface area contributed by atoms with Crippen molar-refractivity contribution in [1.29, 1.82) is 0 Å². The second kappa shape index (κ2) is 7.56. The minimum absolute atomic E-state index is 0.0285. The lowest BCUT2D eigenvalue weighted by molar-refractivity contribution is -0.140. The summed E-state index contributed by atoms with van der Waals surface area (Å²) in [5.74, 6) is 0.666. The molecule has 4 unspecified atom stereocenters. The van der Waals surface area contributed by atoms with Crippen molar-refractivity contribution < 1.29 is 19.4 Å². The number of carbonyl (C=O) groups excluding carboxylic acids is 2. The summed E-state index contributed by atoms with van der Waals surface area (Å²) in [4.78, 5) is 26.3. The molecule has 2 aliphatic rings. The van der Waals surface area contributed by atoms with Crippen molar-refractivity contribution in [3.05, 3.63) is 29.8 Å². The van der Waals surface area contributed by atoms with Crippen LogP contribution in [0.5, 0.6) is 5.75 Å². The lowest BCUT2D eigenvalue weighted by Gasteiger charge is -2.33. The van der Waals surface area contributed by atoms with E-state index >= 15 is 0 Å². The molecule has 0 aromatic heterocycles. The predicted octanol–water partition coefficient (Wildman–Crippen LogP) is 2.81. The molecule has 2 fully saturated rings. The standard InChI is InChI=1S/C20H27NO4/c1-13(22)15-6-3-7-16(12-15)25-14(2)20(24)21-11-5-9-18(21)17-8-4-10-19(17)23/h3,6-7,12,14,17-19,23H,4-5,8-11H2,1-2H3. The average Bonchev–Trinajstić information content (AvgIpc) is 3.22. The molecule has 25 heavy (non-hydrogen) atoms. The molecule has 5 nitrogen and oxygen atoms in total. The normalized spacial score (nSPS) is 27.3. The Morgan fingerprint density at radius 2 is 2.04 bits per heavy atom. The number of aliphatic hydroxyl groups is 1. The zero-order valence-electron chi connectivity index (χ0n) is 15.0. The van der Waals surface area contributed by atoms with Crippen LogP contribution in [0, 0.1) is 5.92 Å². The number of carbonyl (C=O) groups is 2. The molecule has 1 aliphatic heterocycles. The van der Waals surface area contributed by atoms with Gasteiger partial charge in [-0.25, -0.2) is 0 Å². The van der Waals surface area contributed by atoms with Crippen molar-refractivity contribution in [3.8, 4) is 5.75 Å². The molecule has 1 aromatic carbocycles. The maximum atomic E-state index is 12.9. The molecule has 0 spiro atoms. The molecule has 1 amide bonds. The molecule has 136 valence electrons. The Labute approximate surface area is 149 Å². The molecular formula is C20H27NO4. The summed E-state index contributed by atoms with van der Waals surface area (Å²) >= 11 is 0. The number of hydrogen-bond donors (Lipinski definition) is 1. The first-order valence-electron chi connectivity index (χ1n) is 9.23. The van der Waals surface area contributed by atoms with Crippen molar-refractivity contribution >= 4 is 11.7 Å². The maximum absolute atomic E-state index is 12.9. The number of ketones is 1. The first kappa shape index (κ1) is 17.9. The number of hydrogen-bond acceptors (Lipinski definition) is 4. The average molecular weight is 345 g/mol. The lowest BCUT2D eigenvalue weighted by Crippen LogP contribution is -2.47. The van der Waals surface area contributed by atoms with Gasteiger partial charge in [-0.2, -0.15) is 0 Å². The third-order valence-electron chi connectivity index (χ3n) is 5.51. The summed E-state index contributed by atoms with van der Waals surface area (Å²) in [5.41, 5.74) is 0.574. The molecule has 0 bridgehead atoms. The molecular weight excluding hydrogens is 318 g/mol. The number of likely N-dealkylation sites (tertiary alicyclic amines) is 1. The van der Waals surface area contributed by atoms with Crippen LogP contribution in [0.3, 0.4) is 0 Å². The van der Waals surface area contributed by atoms with E-state index in [-0.39, 0.29) is 29.8 Å². The van der Waals surface area contributed by atoms with Crippen LogP contribution in [0.4, 0.5) is 0 Å². The molecule has 3 rings (SSSR count). The van der Waals surface area contributed by atoms with E-state index in [4.69, 9.17) is 4.74 Å². The molecule has 4 atom stereocenters. The second-order valence-electron chi connectivity index (χ2n) is 7.25. The maximum Gasteiger partial charge on any atom is 0.263 e. The second-order valence-corrected chi connectivity index (χ2v) is 7.25. The minimum atomic E-state index is -0.610. The van der Waals surface area contributed by atoms with Crippen molar-refractivity contribution in [3.63, 3.8) is 0 Å². The third-order valence-corrected chi connectivity index (χ3v) is 5.51. The van der Waals surface area contributed by atoms with Gasteiger partial charge in [0.05, 0.1) is 6.10 Å². The monoisotopic (exact) mass is 345 g/mol. The first-order chi connectivity index (χ1) is 12.0. The topological polar surface area (TPSA) is 66.8 Å². The van der Waals surface area contributed by atoms with Gasteiger partial charge in [0.25, 0.3) is 5.91 Å². The Balaban J connectivity index is 1.67. The van der Waals surface area contributed by atoms with Crippen LogP contribution in [-0.2, 0) is 4.79 Å². The quantitative estimate of drug-likeness (QED) is 0.834. The van der Waals surface area contributed by atoms with E-state index in [2.05, 4.69) is 0 Å². The molecule has 1 aliphatic carbocycles. The fourth-order valence-corrected chi connectivity index (χ4v) is 4.21.